The zero-order valence-corrected chi connectivity index (χ0v) is 13.0. The van der Waals surface area contributed by atoms with E-state index < -0.39 is 11.3 Å². The summed E-state index contributed by atoms with van der Waals surface area (Å²) in [6, 6.07) is 14.0. The molecule has 7 heteroatoms. The molecule has 0 spiro atoms. The van der Waals surface area contributed by atoms with E-state index in [0.29, 0.717) is 27.9 Å². The van der Waals surface area contributed by atoms with Crippen molar-refractivity contribution in [1.82, 2.24) is 4.98 Å². The first-order valence-corrected chi connectivity index (χ1v) is 7.36. The van der Waals surface area contributed by atoms with Crippen LogP contribution >= 0.6 is 0 Å². The molecule has 0 aliphatic rings. The van der Waals surface area contributed by atoms with Crippen LogP contribution in [0.5, 0.6) is 5.75 Å². The summed E-state index contributed by atoms with van der Waals surface area (Å²) in [5.74, 6) is 4.55. The molecule has 6 nitrogen and oxygen atoms in total. The number of hydrogen-bond donors (Lipinski definition) is 4. The minimum absolute atomic E-state index is 0.185. The van der Waals surface area contributed by atoms with Crippen LogP contribution in [0.4, 0.5) is 4.39 Å². The molecular formula is C18H15FN4O2. The summed E-state index contributed by atoms with van der Waals surface area (Å²) in [5, 5.41) is 13.2. The Balaban J connectivity index is 2.16. The number of nitrogens with one attached hydrogen (secondary N) is 1. The Labute approximate surface area is 142 Å². The van der Waals surface area contributed by atoms with Crippen molar-refractivity contribution in [3.05, 3.63) is 76.3 Å². The molecule has 0 radical (unpaired) electrons. The van der Waals surface area contributed by atoms with Gasteiger partial charge in [0, 0.05) is 11.1 Å². The SMILES string of the molecule is N/N=C(\N)c1ccc(-c2[nH]c(=O)c(O)cc2-c2ccc(F)cc2)cc1. The summed E-state index contributed by atoms with van der Waals surface area (Å²) in [6.07, 6.45) is 0. The Bertz CT molecular complexity index is 993. The average Bonchev–Trinajstić information content (AvgIpc) is 2.64. The van der Waals surface area contributed by atoms with Gasteiger partial charge in [-0.15, -0.1) is 0 Å². The number of H-pyrrole nitrogens is 1. The Morgan fingerprint density at radius 1 is 1.04 bits per heavy atom. The normalized spacial score (nSPS) is 11.5. The van der Waals surface area contributed by atoms with Crippen molar-refractivity contribution in [3.8, 4) is 28.1 Å². The van der Waals surface area contributed by atoms with Crippen LogP contribution in [0.15, 0.2) is 64.5 Å². The highest BCUT2D eigenvalue weighted by Crippen LogP contribution is 2.31. The van der Waals surface area contributed by atoms with Crippen molar-refractivity contribution in [2.24, 2.45) is 16.7 Å². The fourth-order valence-corrected chi connectivity index (χ4v) is 2.49. The Morgan fingerprint density at radius 2 is 1.64 bits per heavy atom. The van der Waals surface area contributed by atoms with Crippen molar-refractivity contribution < 1.29 is 9.50 Å². The number of aromatic amines is 1. The first-order chi connectivity index (χ1) is 12.0. The number of halogens is 1. The molecule has 0 aliphatic heterocycles. The molecule has 0 aliphatic carbocycles. The number of rotatable bonds is 3. The Hall–Kier alpha value is -3.61. The summed E-state index contributed by atoms with van der Waals surface area (Å²) in [6.45, 7) is 0. The highest BCUT2D eigenvalue weighted by Gasteiger charge is 2.12. The molecule has 0 bridgehead atoms. The van der Waals surface area contributed by atoms with Crippen LogP contribution in [0.1, 0.15) is 5.56 Å². The van der Waals surface area contributed by atoms with Gasteiger partial charge in [0.1, 0.15) is 11.7 Å². The van der Waals surface area contributed by atoms with E-state index in [1.165, 1.54) is 18.2 Å². The van der Waals surface area contributed by atoms with Gasteiger partial charge < -0.3 is 21.7 Å². The summed E-state index contributed by atoms with van der Waals surface area (Å²) < 4.78 is 13.2. The second-order valence-corrected chi connectivity index (χ2v) is 5.37. The van der Waals surface area contributed by atoms with Gasteiger partial charge in [0.25, 0.3) is 5.56 Å². The standard InChI is InChI=1S/C18H15FN4O2/c19-13-7-5-10(6-8-13)14-9-15(24)18(25)22-16(14)11-1-3-12(4-2-11)17(20)23-21/h1-9,24H,21H2,(H2,20,23)(H,22,25). The second kappa shape index (κ2) is 6.48. The molecule has 0 atom stereocenters. The number of benzene rings is 2. The Kier molecular flexibility index (Phi) is 4.21. The van der Waals surface area contributed by atoms with E-state index in [2.05, 4.69) is 10.1 Å². The molecule has 3 aromatic rings. The van der Waals surface area contributed by atoms with Gasteiger partial charge in [-0.3, -0.25) is 4.79 Å². The van der Waals surface area contributed by atoms with E-state index in [-0.39, 0.29) is 11.7 Å². The van der Waals surface area contributed by atoms with Crippen LogP contribution in [0.3, 0.4) is 0 Å². The van der Waals surface area contributed by atoms with Gasteiger partial charge >= 0.3 is 0 Å². The lowest BCUT2D eigenvalue weighted by Crippen LogP contribution is -2.15. The predicted molar refractivity (Wildman–Crippen MR) is 94.5 cm³/mol. The van der Waals surface area contributed by atoms with Crippen LogP contribution in [-0.4, -0.2) is 15.9 Å². The van der Waals surface area contributed by atoms with Crippen molar-refractivity contribution in [3.63, 3.8) is 0 Å². The molecule has 126 valence electrons. The lowest BCUT2D eigenvalue weighted by Gasteiger charge is -2.11. The monoisotopic (exact) mass is 338 g/mol. The molecule has 1 heterocycles. The van der Waals surface area contributed by atoms with Crippen LogP contribution < -0.4 is 17.1 Å². The molecule has 3 rings (SSSR count). The zero-order chi connectivity index (χ0) is 18.0. The highest BCUT2D eigenvalue weighted by molar-refractivity contribution is 5.97. The van der Waals surface area contributed by atoms with E-state index in [1.807, 2.05) is 0 Å². The van der Waals surface area contributed by atoms with E-state index in [1.54, 1.807) is 36.4 Å². The van der Waals surface area contributed by atoms with Crippen molar-refractivity contribution >= 4 is 5.84 Å². The van der Waals surface area contributed by atoms with Gasteiger partial charge in [-0.25, -0.2) is 4.39 Å². The number of amidine groups is 1. The van der Waals surface area contributed by atoms with E-state index in [9.17, 15) is 14.3 Å². The van der Waals surface area contributed by atoms with Gasteiger partial charge in [-0.2, -0.15) is 5.10 Å². The Morgan fingerprint density at radius 3 is 2.24 bits per heavy atom. The third-order valence-electron chi connectivity index (χ3n) is 3.79. The maximum Gasteiger partial charge on any atom is 0.290 e. The maximum absolute atomic E-state index is 13.2. The molecule has 0 amide bonds. The summed E-state index contributed by atoms with van der Waals surface area (Å²) in [7, 11) is 0. The number of aromatic hydroxyl groups is 1. The fourth-order valence-electron chi connectivity index (χ4n) is 2.49. The average molecular weight is 338 g/mol. The second-order valence-electron chi connectivity index (χ2n) is 5.37. The number of pyridine rings is 1. The third-order valence-corrected chi connectivity index (χ3v) is 3.79. The van der Waals surface area contributed by atoms with Gasteiger partial charge in [0.2, 0.25) is 0 Å². The minimum atomic E-state index is -0.618. The molecular weight excluding hydrogens is 323 g/mol. The lowest BCUT2D eigenvalue weighted by molar-refractivity contribution is 0.467. The van der Waals surface area contributed by atoms with Crippen molar-refractivity contribution in [1.29, 1.82) is 0 Å². The van der Waals surface area contributed by atoms with E-state index in [4.69, 9.17) is 11.6 Å². The van der Waals surface area contributed by atoms with Crippen LogP contribution in [0, 0.1) is 5.82 Å². The molecule has 0 unspecified atom stereocenters. The van der Waals surface area contributed by atoms with E-state index >= 15 is 0 Å². The number of hydrogen-bond acceptors (Lipinski definition) is 4. The van der Waals surface area contributed by atoms with E-state index in [0.717, 1.165) is 0 Å². The number of nitrogens with two attached hydrogens (primary N) is 2. The number of hydrazone groups is 1. The summed E-state index contributed by atoms with van der Waals surface area (Å²) in [4.78, 5) is 14.5. The summed E-state index contributed by atoms with van der Waals surface area (Å²) in [5.41, 5.74) is 8.06. The topological polar surface area (TPSA) is 117 Å². The van der Waals surface area contributed by atoms with Crippen LogP contribution in [0.25, 0.3) is 22.4 Å². The molecule has 2 aromatic carbocycles. The molecule has 0 fully saturated rings. The highest BCUT2D eigenvalue weighted by atomic mass is 19.1. The van der Waals surface area contributed by atoms with Gasteiger partial charge in [-0.05, 0) is 29.3 Å². The van der Waals surface area contributed by atoms with Gasteiger partial charge in [0.15, 0.2) is 5.75 Å². The lowest BCUT2D eigenvalue weighted by atomic mass is 9.98. The predicted octanol–water partition coefficient (Wildman–Crippen LogP) is 2.13. The number of nitrogens with zero attached hydrogens (tertiary/aromatic N) is 1. The molecule has 25 heavy (non-hydrogen) atoms. The van der Waals surface area contributed by atoms with Gasteiger partial charge in [-0.1, -0.05) is 36.4 Å². The van der Waals surface area contributed by atoms with Crippen LogP contribution in [-0.2, 0) is 0 Å². The van der Waals surface area contributed by atoms with Crippen molar-refractivity contribution in [2.75, 3.05) is 0 Å². The maximum atomic E-state index is 13.2. The molecule has 6 N–H and O–H groups in total. The fraction of sp³-hybridized carbons (Fsp3) is 0. The smallest absolute Gasteiger partial charge is 0.290 e. The molecule has 0 saturated carbocycles. The minimum Gasteiger partial charge on any atom is -0.503 e. The quantitative estimate of drug-likeness (QED) is 0.253. The number of aromatic nitrogens is 1. The van der Waals surface area contributed by atoms with Crippen LogP contribution in [0.2, 0.25) is 0 Å². The third kappa shape index (κ3) is 3.20. The van der Waals surface area contributed by atoms with Crippen molar-refractivity contribution in [2.45, 2.75) is 0 Å². The first-order valence-electron chi connectivity index (χ1n) is 7.36. The van der Waals surface area contributed by atoms with Gasteiger partial charge in [0.05, 0.1) is 5.69 Å². The largest absolute Gasteiger partial charge is 0.503 e. The first kappa shape index (κ1) is 16.3. The molecule has 0 saturated heterocycles. The summed E-state index contributed by atoms with van der Waals surface area (Å²) >= 11 is 0. The molecule has 1 aromatic heterocycles. The zero-order valence-electron chi connectivity index (χ0n) is 13.0.